The van der Waals surface area contributed by atoms with E-state index in [0.717, 1.165) is 6.20 Å². The summed E-state index contributed by atoms with van der Waals surface area (Å²) in [7, 11) is 1.47. The highest BCUT2D eigenvalue weighted by Crippen LogP contribution is 2.09. The van der Waals surface area contributed by atoms with Gasteiger partial charge in [-0.2, -0.15) is 0 Å². The van der Waals surface area contributed by atoms with Crippen molar-refractivity contribution < 1.29 is 23.5 Å². The van der Waals surface area contributed by atoms with E-state index < -0.39 is 17.7 Å². The monoisotopic (exact) mass is 284 g/mol. The zero-order valence-electron chi connectivity index (χ0n) is 11.5. The smallest absolute Gasteiger partial charge is 0.325 e. The molecule has 1 amide bonds. The second-order valence-corrected chi connectivity index (χ2v) is 3.88. The number of halogens is 1. The zero-order valence-corrected chi connectivity index (χ0v) is 11.5. The summed E-state index contributed by atoms with van der Waals surface area (Å²) in [5.41, 5.74) is -0.139. The third-order valence-corrected chi connectivity index (χ3v) is 2.48. The van der Waals surface area contributed by atoms with Gasteiger partial charge in [-0.05, 0) is 13.0 Å². The number of carbonyl (C=O) groups is 2. The first kappa shape index (κ1) is 16.0. The number of aromatic nitrogens is 1. The molecule has 110 valence electrons. The van der Waals surface area contributed by atoms with Crippen molar-refractivity contribution in [3.63, 3.8) is 0 Å². The molecule has 0 saturated heterocycles. The molecular weight excluding hydrogens is 267 g/mol. The summed E-state index contributed by atoms with van der Waals surface area (Å²) in [6.45, 7) is 2.03. The topological polar surface area (TPSA) is 68.7 Å². The van der Waals surface area contributed by atoms with Crippen molar-refractivity contribution in [2.45, 2.75) is 6.92 Å². The van der Waals surface area contributed by atoms with Crippen molar-refractivity contribution in [3.05, 3.63) is 29.8 Å². The van der Waals surface area contributed by atoms with Crippen LogP contribution in [0.4, 0.5) is 4.39 Å². The van der Waals surface area contributed by atoms with E-state index in [4.69, 9.17) is 9.47 Å². The lowest BCUT2D eigenvalue weighted by atomic mass is 10.2. The van der Waals surface area contributed by atoms with E-state index in [1.165, 1.54) is 24.3 Å². The van der Waals surface area contributed by atoms with Crippen LogP contribution in [0.3, 0.4) is 0 Å². The third kappa shape index (κ3) is 4.58. The first-order valence-corrected chi connectivity index (χ1v) is 6.13. The predicted molar refractivity (Wildman–Crippen MR) is 68.6 cm³/mol. The maximum absolute atomic E-state index is 13.6. The fraction of sp³-hybridized carbons (Fsp3) is 0.462. The molecule has 0 bridgehead atoms. The largest absolute Gasteiger partial charge is 0.465 e. The van der Waals surface area contributed by atoms with Gasteiger partial charge in [0.15, 0.2) is 5.82 Å². The van der Waals surface area contributed by atoms with Crippen LogP contribution in [-0.2, 0) is 14.3 Å². The maximum Gasteiger partial charge on any atom is 0.325 e. The van der Waals surface area contributed by atoms with Gasteiger partial charge in [0.1, 0.15) is 6.54 Å². The minimum Gasteiger partial charge on any atom is -0.465 e. The summed E-state index contributed by atoms with van der Waals surface area (Å²) in [5.74, 6) is -1.88. The summed E-state index contributed by atoms with van der Waals surface area (Å²) in [6.07, 6.45) is 2.27. The van der Waals surface area contributed by atoms with Crippen molar-refractivity contribution in [2.24, 2.45) is 0 Å². The first-order chi connectivity index (χ1) is 9.60. The normalized spacial score (nSPS) is 10.2. The molecule has 0 fully saturated rings. The van der Waals surface area contributed by atoms with E-state index >= 15 is 0 Å². The Balaban J connectivity index is 2.84. The Morgan fingerprint density at radius 3 is 2.80 bits per heavy atom. The number of carbonyl (C=O) groups excluding carboxylic acids is 2. The van der Waals surface area contributed by atoms with Gasteiger partial charge in [-0.3, -0.25) is 14.6 Å². The zero-order chi connectivity index (χ0) is 15.0. The molecular formula is C13H17FN2O4. The van der Waals surface area contributed by atoms with Crippen molar-refractivity contribution in [3.8, 4) is 0 Å². The maximum atomic E-state index is 13.6. The summed E-state index contributed by atoms with van der Waals surface area (Å²) in [6, 6.07) is 1.27. The number of hydrogen-bond donors (Lipinski definition) is 0. The number of ether oxygens (including phenoxy) is 2. The van der Waals surface area contributed by atoms with Crippen LogP contribution in [0.15, 0.2) is 18.5 Å². The second kappa shape index (κ2) is 8.21. The van der Waals surface area contributed by atoms with Gasteiger partial charge >= 0.3 is 5.97 Å². The minimum atomic E-state index is -0.733. The molecule has 20 heavy (non-hydrogen) atoms. The fourth-order valence-corrected chi connectivity index (χ4v) is 1.54. The molecule has 0 atom stereocenters. The van der Waals surface area contributed by atoms with Crippen LogP contribution in [0.1, 0.15) is 17.3 Å². The molecule has 6 nitrogen and oxygen atoms in total. The van der Waals surface area contributed by atoms with Crippen LogP contribution >= 0.6 is 0 Å². The highest BCUT2D eigenvalue weighted by molar-refractivity contribution is 5.96. The molecule has 0 aliphatic carbocycles. The van der Waals surface area contributed by atoms with E-state index in [1.807, 2.05) is 0 Å². The van der Waals surface area contributed by atoms with Gasteiger partial charge in [0.2, 0.25) is 0 Å². The Labute approximate surface area is 116 Å². The van der Waals surface area contributed by atoms with Gasteiger partial charge in [0.05, 0.1) is 25.0 Å². The second-order valence-electron chi connectivity index (χ2n) is 3.88. The van der Waals surface area contributed by atoms with E-state index in [2.05, 4.69) is 4.98 Å². The number of amides is 1. The Kier molecular flexibility index (Phi) is 6.58. The van der Waals surface area contributed by atoms with Gasteiger partial charge in [0, 0.05) is 19.9 Å². The van der Waals surface area contributed by atoms with Gasteiger partial charge in [-0.15, -0.1) is 0 Å². The quantitative estimate of drug-likeness (QED) is 0.695. The van der Waals surface area contributed by atoms with Crippen molar-refractivity contribution in [1.29, 1.82) is 0 Å². The van der Waals surface area contributed by atoms with Crippen molar-refractivity contribution >= 4 is 11.9 Å². The van der Waals surface area contributed by atoms with Gasteiger partial charge in [-0.25, -0.2) is 4.39 Å². The van der Waals surface area contributed by atoms with Crippen LogP contribution in [-0.4, -0.2) is 55.2 Å². The molecule has 0 saturated carbocycles. The SMILES string of the molecule is CCOC(=O)CN(CCOC)C(=O)c1ccncc1F. The first-order valence-electron chi connectivity index (χ1n) is 6.13. The number of pyridine rings is 1. The van der Waals surface area contributed by atoms with Crippen LogP contribution in [0, 0.1) is 5.82 Å². The molecule has 0 aliphatic heterocycles. The van der Waals surface area contributed by atoms with Crippen LogP contribution in [0.5, 0.6) is 0 Å². The number of nitrogens with zero attached hydrogens (tertiary/aromatic N) is 2. The summed E-state index contributed by atoms with van der Waals surface area (Å²) in [5, 5.41) is 0. The molecule has 0 radical (unpaired) electrons. The van der Waals surface area contributed by atoms with Gasteiger partial charge in [0.25, 0.3) is 5.91 Å². The molecule has 0 aliphatic rings. The number of rotatable bonds is 7. The molecule has 1 heterocycles. The molecule has 0 unspecified atom stereocenters. The Morgan fingerprint density at radius 1 is 1.45 bits per heavy atom. The summed E-state index contributed by atoms with van der Waals surface area (Å²) in [4.78, 5) is 28.4. The van der Waals surface area contributed by atoms with Crippen LogP contribution < -0.4 is 0 Å². The van der Waals surface area contributed by atoms with Crippen LogP contribution in [0.25, 0.3) is 0 Å². The van der Waals surface area contributed by atoms with E-state index in [1.54, 1.807) is 6.92 Å². The van der Waals surface area contributed by atoms with Crippen molar-refractivity contribution in [2.75, 3.05) is 33.4 Å². The third-order valence-electron chi connectivity index (χ3n) is 2.48. The average molecular weight is 284 g/mol. The van der Waals surface area contributed by atoms with Gasteiger partial charge in [-0.1, -0.05) is 0 Å². The van der Waals surface area contributed by atoms with E-state index in [-0.39, 0.29) is 31.9 Å². The number of methoxy groups -OCH3 is 1. The van der Waals surface area contributed by atoms with Crippen LogP contribution in [0.2, 0.25) is 0 Å². The molecule has 1 aromatic rings. The number of hydrogen-bond acceptors (Lipinski definition) is 5. The highest BCUT2D eigenvalue weighted by atomic mass is 19.1. The Bertz CT molecular complexity index is 467. The molecule has 1 rings (SSSR count). The summed E-state index contributed by atoms with van der Waals surface area (Å²) < 4.78 is 23.2. The highest BCUT2D eigenvalue weighted by Gasteiger charge is 2.21. The standard InChI is InChI=1S/C13H17FN2O4/c1-3-20-12(17)9-16(6-7-19-2)13(18)10-4-5-15-8-11(10)14/h4-5,8H,3,6-7,9H2,1-2H3. The predicted octanol–water partition coefficient (Wildman–Crippen LogP) is 0.872. The Morgan fingerprint density at radius 2 is 2.20 bits per heavy atom. The summed E-state index contributed by atoms with van der Waals surface area (Å²) >= 11 is 0. The molecule has 7 heteroatoms. The number of esters is 1. The lowest BCUT2D eigenvalue weighted by Gasteiger charge is -2.21. The Hall–Kier alpha value is -2.02. The van der Waals surface area contributed by atoms with E-state index in [0.29, 0.717) is 0 Å². The van der Waals surface area contributed by atoms with Gasteiger partial charge < -0.3 is 14.4 Å². The minimum absolute atomic E-state index is 0.139. The molecule has 0 N–H and O–H groups in total. The fourth-order valence-electron chi connectivity index (χ4n) is 1.54. The van der Waals surface area contributed by atoms with E-state index in [9.17, 15) is 14.0 Å². The molecule has 0 spiro atoms. The average Bonchev–Trinajstić information content (AvgIpc) is 2.43. The van der Waals surface area contributed by atoms with Crippen molar-refractivity contribution in [1.82, 2.24) is 9.88 Å². The lowest BCUT2D eigenvalue weighted by Crippen LogP contribution is -2.39. The lowest BCUT2D eigenvalue weighted by molar-refractivity contribution is -0.143. The molecule has 1 aromatic heterocycles. The molecule has 0 aromatic carbocycles.